The molecule has 0 saturated carbocycles. The van der Waals surface area contributed by atoms with Crippen LogP contribution >= 0.6 is 7.82 Å². The van der Waals surface area contributed by atoms with Crippen molar-refractivity contribution in [3.8, 4) is 0 Å². The Balaban J connectivity index is 4.39. The van der Waals surface area contributed by atoms with Gasteiger partial charge in [0.25, 0.3) is 0 Å². The molecule has 0 spiro atoms. The number of esters is 1. The summed E-state index contributed by atoms with van der Waals surface area (Å²) in [5, 5.41) is 18.4. The molecule has 0 aliphatic heterocycles. The van der Waals surface area contributed by atoms with Gasteiger partial charge in [0.05, 0.1) is 26.4 Å². The van der Waals surface area contributed by atoms with Crippen molar-refractivity contribution in [3.05, 3.63) is 146 Å². The van der Waals surface area contributed by atoms with E-state index in [0.29, 0.717) is 13.0 Å². The van der Waals surface area contributed by atoms with Gasteiger partial charge in [-0.3, -0.25) is 13.8 Å². The number of allylic oxidation sites excluding steroid dienone is 24. The average Bonchev–Trinajstić information content (AvgIpc) is 3.26. The van der Waals surface area contributed by atoms with E-state index in [1.165, 1.54) is 0 Å². The minimum Gasteiger partial charge on any atom is -0.457 e. The molecule has 0 saturated heterocycles. The topological polar surface area (TPSA) is 132 Å². The van der Waals surface area contributed by atoms with Gasteiger partial charge < -0.3 is 24.6 Å². The summed E-state index contributed by atoms with van der Waals surface area (Å²) < 4.78 is 33.3. The molecule has 0 aromatic rings. The normalized spacial score (nSPS) is 15.2. The van der Waals surface area contributed by atoms with Crippen molar-refractivity contribution < 1.29 is 43.0 Å². The van der Waals surface area contributed by atoms with Gasteiger partial charge in [0.2, 0.25) is 0 Å². The highest BCUT2D eigenvalue weighted by Gasteiger charge is 2.26. The van der Waals surface area contributed by atoms with E-state index in [2.05, 4.69) is 160 Å². The minimum atomic E-state index is -4.56. The molecule has 3 atom stereocenters. The van der Waals surface area contributed by atoms with Crippen molar-refractivity contribution in [3.63, 3.8) is 0 Å². The van der Waals surface area contributed by atoms with Gasteiger partial charge in [0.1, 0.15) is 12.2 Å². The van der Waals surface area contributed by atoms with E-state index in [0.717, 1.165) is 103 Å². The van der Waals surface area contributed by atoms with Gasteiger partial charge in [-0.05, 0) is 109 Å². The van der Waals surface area contributed by atoms with Crippen molar-refractivity contribution in [2.45, 2.75) is 142 Å². The molecule has 348 valence electrons. The molecule has 0 radical (unpaired) electrons. The highest BCUT2D eigenvalue weighted by atomic mass is 31.2. The fraction of sp³-hybridized carbons (Fsp3) is 0.519. The van der Waals surface area contributed by atoms with Crippen LogP contribution in [0.15, 0.2) is 146 Å². The molecular weight excluding hydrogens is 800 g/mol. The number of carbonyl (C=O) groups is 1. The third-order valence-corrected chi connectivity index (χ3v) is 9.47. The van der Waals surface area contributed by atoms with Crippen LogP contribution in [0, 0.1) is 0 Å². The lowest BCUT2D eigenvalue weighted by atomic mass is 10.2. The SMILES string of the molecule is CC/C=C\C/C=C\C/C=C\C/C=C\C/C=C\C/C=C\CCCCC(=O)OC(COCCC/C=C\C/C=C\C/C=C\C/C=C\C/C=C\C/C=C\CC)COP(=O)(O)OCC(O)CO. The monoisotopic (exact) mass is 881 g/mol. The maximum absolute atomic E-state index is 12.6. The lowest BCUT2D eigenvalue weighted by Gasteiger charge is -2.20. The molecule has 10 heteroatoms. The number of hydrogen-bond donors (Lipinski definition) is 3. The van der Waals surface area contributed by atoms with Crippen LogP contribution in [0.5, 0.6) is 0 Å². The van der Waals surface area contributed by atoms with Crippen molar-refractivity contribution in [1.82, 2.24) is 0 Å². The molecule has 0 heterocycles. The smallest absolute Gasteiger partial charge is 0.457 e. The van der Waals surface area contributed by atoms with Crippen molar-refractivity contribution in [1.29, 1.82) is 0 Å². The molecule has 0 aromatic heterocycles. The first-order valence-corrected chi connectivity index (χ1v) is 24.3. The first-order chi connectivity index (χ1) is 30.3. The Morgan fingerprint density at radius 3 is 1.24 bits per heavy atom. The predicted octanol–water partition coefficient (Wildman–Crippen LogP) is 13.1. The number of carbonyl (C=O) groups excluding carboxylic acids is 1. The Labute approximate surface area is 376 Å². The Hall–Kier alpha value is -3.66. The lowest BCUT2D eigenvalue weighted by molar-refractivity contribution is -0.154. The Bertz CT molecular complexity index is 1460. The number of rotatable bonds is 41. The van der Waals surface area contributed by atoms with E-state index in [9.17, 15) is 19.4 Å². The second kappa shape index (κ2) is 46.8. The first-order valence-electron chi connectivity index (χ1n) is 22.8. The van der Waals surface area contributed by atoms with E-state index in [4.69, 9.17) is 23.6 Å². The summed E-state index contributed by atoms with van der Waals surface area (Å²) in [6, 6.07) is 0. The molecule has 0 bridgehead atoms. The quantitative estimate of drug-likeness (QED) is 0.0238. The van der Waals surface area contributed by atoms with Crippen molar-refractivity contribution in [2.75, 3.05) is 33.0 Å². The largest absolute Gasteiger partial charge is 0.472 e. The Morgan fingerprint density at radius 1 is 0.500 bits per heavy atom. The van der Waals surface area contributed by atoms with Gasteiger partial charge in [-0.1, -0.05) is 160 Å². The summed E-state index contributed by atoms with van der Waals surface area (Å²) in [5.41, 5.74) is 0. The van der Waals surface area contributed by atoms with Crippen LogP contribution in [-0.4, -0.2) is 66.3 Å². The molecule has 0 aliphatic rings. The summed E-state index contributed by atoms with van der Waals surface area (Å²) in [6.45, 7) is 3.02. The Morgan fingerprint density at radius 2 is 0.855 bits per heavy atom. The number of ether oxygens (including phenoxy) is 2. The zero-order valence-corrected chi connectivity index (χ0v) is 38.9. The fourth-order valence-corrected chi connectivity index (χ4v) is 5.93. The van der Waals surface area contributed by atoms with Crippen LogP contribution in [0.3, 0.4) is 0 Å². The summed E-state index contributed by atoms with van der Waals surface area (Å²) >= 11 is 0. The second-order valence-electron chi connectivity index (χ2n) is 14.3. The van der Waals surface area contributed by atoms with Crippen LogP contribution in [0.4, 0.5) is 0 Å². The second-order valence-corrected chi connectivity index (χ2v) is 15.8. The van der Waals surface area contributed by atoms with E-state index in [1.54, 1.807) is 0 Å². The van der Waals surface area contributed by atoms with Crippen LogP contribution in [0.25, 0.3) is 0 Å². The highest BCUT2D eigenvalue weighted by Crippen LogP contribution is 2.43. The van der Waals surface area contributed by atoms with E-state index >= 15 is 0 Å². The maximum Gasteiger partial charge on any atom is 0.472 e. The van der Waals surface area contributed by atoms with Crippen LogP contribution in [0.1, 0.15) is 129 Å². The zero-order valence-electron chi connectivity index (χ0n) is 38.0. The van der Waals surface area contributed by atoms with E-state index in [1.807, 2.05) is 0 Å². The molecule has 0 rings (SSSR count). The molecule has 0 amide bonds. The average molecular weight is 881 g/mol. The Kier molecular flexibility index (Phi) is 44.1. The number of phosphoric ester groups is 1. The van der Waals surface area contributed by atoms with Crippen LogP contribution in [0.2, 0.25) is 0 Å². The summed E-state index contributed by atoms with van der Waals surface area (Å²) in [7, 11) is -4.56. The van der Waals surface area contributed by atoms with Gasteiger partial charge in [0, 0.05) is 13.0 Å². The van der Waals surface area contributed by atoms with Crippen LogP contribution < -0.4 is 0 Å². The third kappa shape index (κ3) is 45.9. The van der Waals surface area contributed by atoms with Gasteiger partial charge in [0.15, 0.2) is 0 Å². The molecule has 0 aromatic carbocycles. The third-order valence-electron chi connectivity index (χ3n) is 8.52. The van der Waals surface area contributed by atoms with Gasteiger partial charge in [-0.25, -0.2) is 4.57 Å². The molecule has 0 aliphatic carbocycles. The summed E-state index contributed by atoms with van der Waals surface area (Å²) in [5.74, 6) is -0.452. The van der Waals surface area contributed by atoms with E-state index < -0.39 is 45.8 Å². The summed E-state index contributed by atoms with van der Waals surface area (Å²) in [4.78, 5) is 22.6. The van der Waals surface area contributed by atoms with Gasteiger partial charge >= 0.3 is 13.8 Å². The van der Waals surface area contributed by atoms with E-state index in [-0.39, 0.29) is 13.0 Å². The van der Waals surface area contributed by atoms with Crippen LogP contribution in [-0.2, 0) is 27.9 Å². The standard InChI is InChI=1S/C52H81O9P/c1-3-5-7-9-11-13-15-17-19-21-23-25-26-28-30-32-34-36-38-40-42-44-52(55)61-51(49-60-62(56,57)59-47-50(54)46-53)48-58-45-43-41-39-37-35-33-31-29-27-24-22-20-18-16-14-12-10-8-6-4-2/h5-8,11-14,17-20,23-25,27-28,30-31,33-34,36-37,39,50-51,53-54H,3-4,9-10,15-16,21-22,26,29,32,35,38,40-49H2,1-2H3,(H,56,57)/b7-5-,8-6-,13-11-,14-12-,19-17-,20-18-,25-23-,27-24-,30-28-,33-31-,36-34-,39-37-. The molecule has 62 heavy (non-hydrogen) atoms. The predicted molar refractivity (Wildman–Crippen MR) is 260 cm³/mol. The fourth-order valence-electron chi connectivity index (χ4n) is 5.14. The highest BCUT2D eigenvalue weighted by molar-refractivity contribution is 7.47. The molecule has 0 fully saturated rings. The molecular formula is C52H81O9P. The maximum atomic E-state index is 12.6. The number of aliphatic hydroxyl groups excluding tert-OH is 2. The zero-order chi connectivity index (χ0) is 45.3. The van der Waals surface area contributed by atoms with Crippen molar-refractivity contribution >= 4 is 13.8 Å². The molecule has 3 unspecified atom stereocenters. The number of unbranched alkanes of at least 4 members (excludes halogenated alkanes) is 3. The minimum absolute atomic E-state index is 0.0205. The first kappa shape index (κ1) is 58.3. The lowest BCUT2D eigenvalue weighted by Crippen LogP contribution is -2.29. The van der Waals surface area contributed by atoms with Gasteiger partial charge in [-0.2, -0.15) is 0 Å². The number of hydrogen-bond acceptors (Lipinski definition) is 8. The number of aliphatic hydroxyl groups is 2. The molecule has 3 N–H and O–H groups in total. The number of phosphoric acid groups is 1. The molecule has 9 nitrogen and oxygen atoms in total. The van der Waals surface area contributed by atoms with Crippen molar-refractivity contribution in [2.24, 2.45) is 0 Å². The summed E-state index contributed by atoms with van der Waals surface area (Å²) in [6.07, 6.45) is 65.4. The van der Waals surface area contributed by atoms with Gasteiger partial charge in [-0.15, -0.1) is 0 Å².